The number of para-hydroxylation sites is 1. The molecule has 1 heterocycles. The highest BCUT2D eigenvalue weighted by Gasteiger charge is 2.35. The first-order chi connectivity index (χ1) is 11.9. The minimum atomic E-state index is 0.510. The molecule has 1 aromatic carbocycles. The minimum absolute atomic E-state index is 0.510. The molecule has 1 N–H and O–H groups in total. The van der Waals surface area contributed by atoms with Crippen molar-refractivity contribution in [1.82, 2.24) is 9.97 Å². The van der Waals surface area contributed by atoms with Gasteiger partial charge in [-0.2, -0.15) is 4.98 Å². The van der Waals surface area contributed by atoms with Crippen molar-refractivity contribution in [3.8, 4) is 11.6 Å². The Morgan fingerprint density at radius 3 is 2.67 bits per heavy atom. The predicted octanol–water partition coefficient (Wildman–Crippen LogP) is 5.04. The van der Waals surface area contributed by atoms with Gasteiger partial charge in [-0.05, 0) is 36.8 Å². The maximum absolute atomic E-state index is 5.82. The lowest BCUT2D eigenvalue weighted by atomic mass is 9.68. The maximum atomic E-state index is 5.82. The lowest BCUT2D eigenvalue weighted by Crippen LogP contribution is -2.39. The third-order valence-electron chi connectivity index (χ3n) is 5.48. The number of anilines is 1. The highest BCUT2D eigenvalue weighted by atomic mass is 16.5. The molecule has 0 saturated heterocycles. The van der Waals surface area contributed by atoms with Crippen molar-refractivity contribution in [3.05, 3.63) is 42.6 Å². The Balaban J connectivity index is 1.45. The van der Waals surface area contributed by atoms with E-state index in [9.17, 15) is 0 Å². The van der Waals surface area contributed by atoms with Crippen LogP contribution >= 0.6 is 0 Å². The first-order valence-electron chi connectivity index (χ1n) is 9.21. The van der Waals surface area contributed by atoms with E-state index in [1.54, 1.807) is 6.20 Å². The second-order valence-corrected chi connectivity index (χ2v) is 7.02. The fourth-order valence-electron chi connectivity index (χ4n) is 4.36. The lowest BCUT2D eigenvalue weighted by molar-refractivity contribution is 0.155. The molecule has 0 spiro atoms. The number of benzene rings is 1. The SMILES string of the molecule is c1ccc(Oc2ccnc(NC3CCCC4CCCCC43)n2)cc1. The summed E-state index contributed by atoms with van der Waals surface area (Å²) in [5, 5.41) is 3.60. The molecular weight excluding hydrogens is 298 g/mol. The van der Waals surface area contributed by atoms with E-state index in [1.165, 1.54) is 44.9 Å². The van der Waals surface area contributed by atoms with Crippen LogP contribution in [0, 0.1) is 11.8 Å². The van der Waals surface area contributed by atoms with Crippen molar-refractivity contribution in [3.63, 3.8) is 0 Å². The van der Waals surface area contributed by atoms with Crippen molar-refractivity contribution in [2.24, 2.45) is 11.8 Å². The first kappa shape index (κ1) is 15.4. The molecule has 2 aliphatic carbocycles. The van der Waals surface area contributed by atoms with Gasteiger partial charge in [0.1, 0.15) is 5.75 Å². The second-order valence-electron chi connectivity index (χ2n) is 7.02. The fourth-order valence-corrected chi connectivity index (χ4v) is 4.36. The molecule has 0 radical (unpaired) electrons. The van der Waals surface area contributed by atoms with Crippen LogP contribution in [-0.2, 0) is 0 Å². The van der Waals surface area contributed by atoms with Crippen molar-refractivity contribution >= 4 is 5.95 Å². The Labute approximate surface area is 143 Å². The molecule has 4 nitrogen and oxygen atoms in total. The zero-order valence-electron chi connectivity index (χ0n) is 14.0. The molecule has 0 amide bonds. The summed E-state index contributed by atoms with van der Waals surface area (Å²) in [7, 11) is 0. The molecule has 0 aliphatic heterocycles. The Hall–Kier alpha value is -2.10. The van der Waals surface area contributed by atoms with Crippen LogP contribution in [0.15, 0.2) is 42.6 Å². The molecular formula is C20H25N3O. The highest BCUT2D eigenvalue weighted by Crippen LogP contribution is 2.41. The monoisotopic (exact) mass is 323 g/mol. The molecule has 3 unspecified atom stereocenters. The zero-order chi connectivity index (χ0) is 16.2. The van der Waals surface area contributed by atoms with Crippen LogP contribution < -0.4 is 10.1 Å². The van der Waals surface area contributed by atoms with Gasteiger partial charge in [0.05, 0.1) is 0 Å². The largest absolute Gasteiger partial charge is 0.439 e. The molecule has 3 atom stereocenters. The number of nitrogens with zero attached hydrogens (tertiary/aromatic N) is 2. The van der Waals surface area contributed by atoms with Crippen molar-refractivity contribution in [2.45, 2.75) is 51.0 Å². The van der Waals surface area contributed by atoms with Crippen molar-refractivity contribution in [1.29, 1.82) is 0 Å². The van der Waals surface area contributed by atoms with E-state index in [-0.39, 0.29) is 0 Å². The van der Waals surface area contributed by atoms with Gasteiger partial charge in [-0.15, -0.1) is 0 Å². The van der Waals surface area contributed by atoms with E-state index in [0.29, 0.717) is 17.9 Å². The Morgan fingerprint density at radius 2 is 1.75 bits per heavy atom. The molecule has 2 aromatic rings. The van der Waals surface area contributed by atoms with Crippen LogP contribution in [-0.4, -0.2) is 16.0 Å². The Kier molecular flexibility index (Phi) is 4.63. The van der Waals surface area contributed by atoms with Gasteiger partial charge in [0, 0.05) is 18.3 Å². The molecule has 2 aliphatic rings. The summed E-state index contributed by atoms with van der Waals surface area (Å²) in [5.74, 6) is 3.77. The maximum Gasteiger partial charge on any atom is 0.226 e. The fraction of sp³-hybridized carbons (Fsp3) is 0.500. The van der Waals surface area contributed by atoms with Gasteiger partial charge >= 0.3 is 0 Å². The summed E-state index contributed by atoms with van der Waals surface area (Å²) in [6.07, 6.45) is 11.3. The van der Waals surface area contributed by atoms with Crippen LogP contribution in [0.1, 0.15) is 44.9 Å². The van der Waals surface area contributed by atoms with Gasteiger partial charge in [0.15, 0.2) is 0 Å². The molecule has 4 heteroatoms. The average Bonchev–Trinajstić information content (AvgIpc) is 2.63. The lowest BCUT2D eigenvalue weighted by Gasteiger charge is -2.41. The van der Waals surface area contributed by atoms with Gasteiger partial charge < -0.3 is 10.1 Å². The van der Waals surface area contributed by atoms with Gasteiger partial charge in [0.2, 0.25) is 11.8 Å². The standard InChI is InChI=1S/C20H25N3O/c1-2-9-16(10-3-1)24-19-13-14-21-20(23-19)22-18-12-6-8-15-7-4-5-11-17(15)18/h1-3,9-10,13-15,17-18H,4-8,11-12H2,(H,21,22,23). The normalized spacial score (nSPS) is 26.4. The molecule has 2 fully saturated rings. The molecule has 4 rings (SSSR count). The average molecular weight is 323 g/mol. The second kappa shape index (κ2) is 7.20. The number of hydrogen-bond acceptors (Lipinski definition) is 4. The molecule has 24 heavy (non-hydrogen) atoms. The van der Waals surface area contributed by atoms with Gasteiger partial charge in [-0.3, -0.25) is 0 Å². The number of hydrogen-bond donors (Lipinski definition) is 1. The van der Waals surface area contributed by atoms with Crippen molar-refractivity contribution in [2.75, 3.05) is 5.32 Å². The Bertz CT molecular complexity index is 659. The van der Waals surface area contributed by atoms with Crippen LogP contribution in [0.25, 0.3) is 0 Å². The molecule has 126 valence electrons. The van der Waals surface area contributed by atoms with Gasteiger partial charge in [-0.1, -0.05) is 50.3 Å². The minimum Gasteiger partial charge on any atom is -0.439 e. The van der Waals surface area contributed by atoms with Crippen LogP contribution in [0.2, 0.25) is 0 Å². The number of ether oxygens (including phenoxy) is 1. The van der Waals surface area contributed by atoms with Gasteiger partial charge in [-0.25, -0.2) is 4.98 Å². The third-order valence-corrected chi connectivity index (χ3v) is 5.48. The summed E-state index contributed by atoms with van der Waals surface area (Å²) in [4.78, 5) is 8.97. The topological polar surface area (TPSA) is 47.0 Å². The van der Waals surface area contributed by atoms with E-state index in [1.807, 2.05) is 36.4 Å². The van der Waals surface area contributed by atoms with E-state index in [4.69, 9.17) is 4.74 Å². The van der Waals surface area contributed by atoms with Crippen molar-refractivity contribution < 1.29 is 4.74 Å². The zero-order valence-corrected chi connectivity index (χ0v) is 14.0. The number of aromatic nitrogens is 2. The quantitative estimate of drug-likeness (QED) is 0.856. The number of rotatable bonds is 4. The molecule has 1 aromatic heterocycles. The van der Waals surface area contributed by atoms with Gasteiger partial charge in [0.25, 0.3) is 0 Å². The first-order valence-corrected chi connectivity index (χ1v) is 9.21. The summed E-state index contributed by atoms with van der Waals surface area (Å²) >= 11 is 0. The number of fused-ring (bicyclic) bond motifs is 1. The summed E-state index contributed by atoms with van der Waals surface area (Å²) in [6.45, 7) is 0. The Morgan fingerprint density at radius 1 is 0.917 bits per heavy atom. The van der Waals surface area contributed by atoms with E-state index in [0.717, 1.165) is 17.6 Å². The van der Waals surface area contributed by atoms with E-state index in [2.05, 4.69) is 15.3 Å². The number of nitrogens with one attached hydrogen (secondary N) is 1. The van der Waals surface area contributed by atoms with E-state index >= 15 is 0 Å². The van der Waals surface area contributed by atoms with E-state index < -0.39 is 0 Å². The highest BCUT2D eigenvalue weighted by molar-refractivity contribution is 5.32. The summed E-state index contributed by atoms with van der Waals surface area (Å²) < 4.78 is 5.82. The third kappa shape index (κ3) is 3.53. The smallest absolute Gasteiger partial charge is 0.226 e. The predicted molar refractivity (Wildman–Crippen MR) is 95.3 cm³/mol. The molecule has 0 bridgehead atoms. The van der Waals surface area contributed by atoms with Crippen LogP contribution in [0.3, 0.4) is 0 Å². The summed E-state index contributed by atoms with van der Waals surface area (Å²) in [6, 6.07) is 12.1. The molecule has 2 saturated carbocycles. The van der Waals surface area contributed by atoms with Crippen LogP contribution in [0.5, 0.6) is 11.6 Å². The summed E-state index contributed by atoms with van der Waals surface area (Å²) in [5.41, 5.74) is 0. The van der Waals surface area contributed by atoms with Crippen LogP contribution in [0.4, 0.5) is 5.95 Å².